The molecule has 2 N–H and O–H groups in total. The van der Waals surface area contributed by atoms with Crippen molar-refractivity contribution >= 4 is 17.3 Å². The number of pyridine rings is 1. The van der Waals surface area contributed by atoms with E-state index in [1.54, 1.807) is 0 Å². The second kappa shape index (κ2) is 8.35. The minimum absolute atomic E-state index is 0.0591. The molecule has 1 unspecified atom stereocenters. The molecule has 0 aliphatic carbocycles. The van der Waals surface area contributed by atoms with E-state index in [0.717, 1.165) is 32.2 Å². The summed E-state index contributed by atoms with van der Waals surface area (Å²) in [6.07, 6.45) is 4.24. The molecule has 0 fully saturated rings. The third kappa shape index (κ3) is 5.42. The number of hydrogen-bond acceptors (Lipinski definition) is 5. The van der Waals surface area contributed by atoms with Crippen molar-refractivity contribution in [3.05, 3.63) is 22.2 Å². The van der Waals surface area contributed by atoms with Crippen LogP contribution in [0.25, 0.3) is 0 Å². The molecule has 0 bridgehead atoms. The molecule has 0 radical (unpaired) electrons. The van der Waals surface area contributed by atoms with Gasteiger partial charge in [0.05, 0.1) is 17.1 Å². The lowest BCUT2D eigenvalue weighted by atomic mass is 10.1. The zero-order valence-corrected chi connectivity index (χ0v) is 12.5. The molecule has 0 aromatic carbocycles. The number of hydrogen-bond donors (Lipinski definition) is 2. The molecule has 0 amide bonds. The van der Waals surface area contributed by atoms with Gasteiger partial charge in [0.1, 0.15) is 11.6 Å². The molecule has 6 nitrogen and oxygen atoms in total. The van der Waals surface area contributed by atoms with Crippen molar-refractivity contribution in [1.29, 1.82) is 0 Å². The maximum atomic E-state index is 11.0. The molecule has 0 spiro atoms. The molecule has 0 saturated carbocycles. The first kappa shape index (κ1) is 16.2. The standard InChI is InChI=1S/C14H24N4O2/c1-4-6-7-11(3)16-14-10-12(18(19)20)9-13(17-14)15-8-5-2/h9-11H,4-8H2,1-3H3,(H2,15,16,17). The molecule has 0 aliphatic rings. The lowest BCUT2D eigenvalue weighted by Crippen LogP contribution is -2.16. The molecule has 1 atom stereocenters. The number of nitrogens with one attached hydrogen (secondary N) is 2. The van der Waals surface area contributed by atoms with E-state index in [1.807, 2.05) is 6.92 Å². The Labute approximate surface area is 120 Å². The van der Waals surface area contributed by atoms with Crippen LogP contribution in [0.1, 0.15) is 46.5 Å². The number of anilines is 2. The number of unbranched alkanes of at least 4 members (excludes halogenated alkanes) is 1. The molecule has 6 heteroatoms. The lowest BCUT2D eigenvalue weighted by molar-refractivity contribution is -0.384. The van der Waals surface area contributed by atoms with Gasteiger partial charge in [-0.25, -0.2) is 4.98 Å². The van der Waals surface area contributed by atoms with Crippen LogP contribution in [0.3, 0.4) is 0 Å². The molecule has 0 aliphatic heterocycles. The van der Waals surface area contributed by atoms with Gasteiger partial charge in [-0.05, 0) is 19.8 Å². The first-order valence-corrected chi connectivity index (χ1v) is 7.23. The smallest absolute Gasteiger partial charge is 0.276 e. The van der Waals surface area contributed by atoms with E-state index in [0.29, 0.717) is 11.6 Å². The van der Waals surface area contributed by atoms with Gasteiger partial charge in [0, 0.05) is 12.6 Å². The van der Waals surface area contributed by atoms with Gasteiger partial charge < -0.3 is 10.6 Å². The van der Waals surface area contributed by atoms with Gasteiger partial charge in [-0.3, -0.25) is 10.1 Å². The third-order valence-electron chi connectivity index (χ3n) is 2.96. The van der Waals surface area contributed by atoms with Crippen LogP contribution in [-0.2, 0) is 0 Å². The number of aromatic nitrogens is 1. The molecule has 112 valence electrons. The molecule has 1 rings (SSSR count). The van der Waals surface area contributed by atoms with Crippen molar-refractivity contribution in [2.75, 3.05) is 17.2 Å². The fraction of sp³-hybridized carbons (Fsp3) is 0.643. The fourth-order valence-corrected chi connectivity index (χ4v) is 1.87. The largest absolute Gasteiger partial charge is 0.370 e. The molecule has 0 saturated heterocycles. The summed E-state index contributed by atoms with van der Waals surface area (Å²) < 4.78 is 0. The van der Waals surface area contributed by atoms with Crippen LogP contribution in [0, 0.1) is 10.1 Å². The maximum Gasteiger partial charge on any atom is 0.276 e. The van der Waals surface area contributed by atoms with Gasteiger partial charge in [0.25, 0.3) is 5.69 Å². The van der Waals surface area contributed by atoms with Crippen LogP contribution in [0.2, 0.25) is 0 Å². The van der Waals surface area contributed by atoms with Gasteiger partial charge in [0.2, 0.25) is 0 Å². The Balaban J connectivity index is 2.82. The predicted molar refractivity (Wildman–Crippen MR) is 82.3 cm³/mol. The maximum absolute atomic E-state index is 11.0. The Morgan fingerprint density at radius 1 is 1.30 bits per heavy atom. The molecular formula is C14H24N4O2. The van der Waals surface area contributed by atoms with Gasteiger partial charge in [-0.15, -0.1) is 0 Å². The van der Waals surface area contributed by atoms with Gasteiger partial charge >= 0.3 is 0 Å². The summed E-state index contributed by atoms with van der Waals surface area (Å²) in [5, 5.41) is 17.3. The minimum Gasteiger partial charge on any atom is -0.370 e. The van der Waals surface area contributed by atoms with Crippen molar-refractivity contribution in [2.24, 2.45) is 0 Å². The average molecular weight is 280 g/mol. The zero-order valence-electron chi connectivity index (χ0n) is 12.5. The Morgan fingerprint density at radius 3 is 2.60 bits per heavy atom. The summed E-state index contributed by atoms with van der Waals surface area (Å²) in [4.78, 5) is 14.9. The second-order valence-electron chi connectivity index (χ2n) is 4.97. The highest BCUT2D eigenvalue weighted by Crippen LogP contribution is 2.21. The van der Waals surface area contributed by atoms with Crippen LogP contribution in [-0.4, -0.2) is 22.5 Å². The van der Waals surface area contributed by atoms with Crippen molar-refractivity contribution < 1.29 is 4.92 Å². The van der Waals surface area contributed by atoms with Crippen molar-refractivity contribution in [1.82, 2.24) is 4.98 Å². The first-order chi connectivity index (χ1) is 9.56. The fourth-order valence-electron chi connectivity index (χ4n) is 1.87. The van der Waals surface area contributed by atoms with E-state index in [9.17, 15) is 10.1 Å². The van der Waals surface area contributed by atoms with E-state index < -0.39 is 0 Å². The highest BCUT2D eigenvalue weighted by atomic mass is 16.6. The van der Waals surface area contributed by atoms with E-state index in [2.05, 4.69) is 29.5 Å². The summed E-state index contributed by atoms with van der Waals surface area (Å²) in [5.74, 6) is 1.10. The Hall–Kier alpha value is -1.85. The first-order valence-electron chi connectivity index (χ1n) is 7.23. The highest BCUT2D eigenvalue weighted by Gasteiger charge is 2.12. The summed E-state index contributed by atoms with van der Waals surface area (Å²) in [7, 11) is 0. The van der Waals surface area contributed by atoms with Crippen molar-refractivity contribution in [3.63, 3.8) is 0 Å². The second-order valence-corrected chi connectivity index (χ2v) is 4.97. The van der Waals surface area contributed by atoms with Crippen LogP contribution in [0.4, 0.5) is 17.3 Å². The molecular weight excluding hydrogens is 256 g/mol. The Morgan fingerprint density at radius 2 is 2.00 bits per heavy atom. The third-order valence-corrected chi connectivity index (χ3v) is 2.96. The molecule has 1 aromatic rings. The molecule has 1 aromatic heterocycles. The van der Waals surface area contributed by atoms with Gasteiger partial charge in [-0.1, -0.05) is 26.7 Å². The average Bonchev–Trinajstić information content (AvgIpc) is 2.42. The topological polar surface area (TPSA) is 80.1 Å². The Kier molecular flexibility index (Phi) is 6.76. The predicted octanol–water partition coefficient (Wildman–Crippen LogP) is 3.80. The molecule has 1 heterocycles. The SMILES string of the molecule is CCCCC(C)Nc1cc([N+](=O)[O-])cc(NCCC)n1. The zero-order chi connectivity index (χ0) is 15.0. The monoisotopic (exact) mass is 280 g/mol. The van der Waals surface area contributed by atoms with E-state index in [1.165, 1.54) is 12.1 Å². The van der Waals surface area contributed by atoms with E-state index in [4.69, 9.17) is 0 Å². The van der Waals surface area contributed by atoms with Crippen LogP contribution < -0.4 is 10.6 Å². The van der Waals surface area contributed by atoms with Gasteiger partial charge in [0.15, 0.2) is 0 Å². The summed E-state index contributed by atoms with van der Waals surface area (Å²) in [6.45, 7) is 7.00. The summed E-state index contributed by atoms with van der Waals surface area (Å²) in [5.41, 5.74) is 0.0591. The summed E-state index contributed by atoms with van der Waals surface area (Å²) in [6, 6.07) is 3.21. The van der Waals surface area contributed by atoms with E-state index in [-0.39, 0.29) is 16.7 Å². The number of rotatable bonds is 9. The van der Waals surface area contributed by atoms with Crippen LogP contribution in [0.15, 0.2) is 12.1 Å². The Bertz CT molecular complexity index is 437. The minimum atomic E-state index is -0.388. The highest BCUT2D eigenvalue weighted by molar-refractivity contribution is 5.54. The van der Waals surface area contributed by atoms with E-state index >= 15 is 0 Å². The van der Waals surface area contributed by atoms with Gasteiger partial charge in [-0.2, -0.15) is 0 Å². The van der Waals surface area contributed by atoms with Crippen molar-refractivity contribution in [3.8, 4) is 0 Å². The normalized spacial score (nSPS) is 11.9. The summed E-state index contributed by atoms with van der Waals surface area (Å²) >= 11 is 0. The van der Waals surface area contributed by atoms with Crippen molar-refractivity contribution in [2.45, 2.75) is 52.5 Å². The van der Waals surface area contributed by atoms with Crippen LogP contribution >= 0.6 is 0 Å². The quantitative estimate of drug-likeness (QED) is 0.531. The number of nitrogens with zero attached hydrogens (tertiary/aromatic N) is 2. The lowest BCUT2D eigenvalue weighted by Gasteiger charge is -2.15. The molecule has 20 heavy (non-hydrogen) atoms. The number of nitro groups is 1. The van der Waals surface area contributed by atoms with Crippen LogP contribution in [0.5, 0.6) is 0 Å².